The van der Waals surface area contributed by atoms with Gasteiger partial charge in [-0.3, -0.25) is 5.10 Å². The molecular formula is C13H16BrN3OS. The van der Waals surface area contributed by atoms with Crippen molar-refractivity contribution in [2.24, 2.45) is 0 Å². The molecule has 4 nitrogen and oxygen atoms in total. The lowest BCUT2D eigenvalue weighted by Crippen LogP contribution is -2.07. The number of aryl methyl sites for hydroxylation is 1. The van der Waals surface area contributed by atoms with E-state index in [2.05, 4.69) is 39.1 Å². The van der Waals surface area contributed by atoms with Crippen LogP contribution in [0.1, 0.15) is 25.2 Å². The molecular weight excluding hydrogens is 326 g/mol. The second-order valence-corrected chi connectivity index (χ2v) is 5.39. The Morgan fingerprint density at radius 3 is 2.89 bits per heavy atom. The van der Waals surface area contributed by atoms with E-state index in [4.69, 9.17) is 17.0 Å². The first-order valence-corrected chi connectivity index (χ1v) is 7.41. The number of aromatic amines is 1. The summed E-state index contributed by atoms with van der Waals surface area (Å²) in [5.41, 5.74) is 1.17. The highest BCUT2D eigenvalue weighted by Gasteiger charge is 2.07. The Morgan fingerprint density at radius 2 is 2.21 bits per heavy atom. The quantitative estimate of drug-likeness (QED) is 0.839. The molecule has 0 saturated heterocycles. The Hall–Kier alpha value is -1.14. The number of rotatable bonds is 5. The Labute approximate surface area is 125 Å². The number of benzene rings is 1. The molecule has 0 atom stereocenters. The Morgan fingerprint density at radius 1 is 1.42 bits per heavy atom. The fraction of sp³-hybridized carbons (Fsp3) is 0.385. The van der Waals surface area contributed by atoms with E-state index < -0.39 is 0 Å². The van der Waals surface area contributed by atoms with Crippen LogP contribution < -0.4 is 4.74 Å². The lowest BCUT2D eigenvalue weighted by molar-refractivity contribution is 0.286. The highest BCUT2D eigenvalue weighted by molar-refractivity contribution is 9.10. The minimum absolute atomic E-state index is 0.412. The summed E-state index contributed by atoms with van der Waals surface area (Å²) in [5, 5.41) is 6.98. The summed E-state index contributed by atoms with van der Waals surface area (Å²) in [6.07, 6.45) is 0.926. The largest absolute Gasteiger partial charge is 0.485 e. The lowest BCUT2D eigenvalue weighted by Gasteiger charge is -2.11. The first kappa shape index (κ1) is 14.3. The monoisotopic (exact) mass is 341 g/mol. The molecule has 1 aromatic carbocycles. The Bertz CT molecular complexity index is 621. The maximum atomic E-state index is 5.85. The van der Waals surface area contributed by atoms with Gasteiger partial charge >= 0.3 is 0 Å². The second kappa shape index (κ2) is 6.34. The van der Waals surface area contributed by atoms with Gasteiger partial charge in [-0.2, -0.15) is 5.10 Å². The van der Waals surface area contributed by atoms with E-state index in [0.29, 0.717) is 11.4 Å². The summed E-state index contributed by atoms with van der Waals surface area (Å²) in [5.74, 6) is 1.71. The normalized spacial score (nSPS) is 10.7. The summed E-state index contributed by atoms with van der Waals surface area (Å²) >= 11 is 8.62. The summed E-state index contributed by atoms with van der Waals surface area (Å²) in [4.78, 5) is 0. The number of halogens is 1. The highest BCUT2D eigenvalue weighted by Crippen LogP contribution is 2.24. The van der Waals surface area contributed by atoms with Crippen molar-refractivity contribution in [3.8, 4) is 5.75 Å². The van der Waals surface area contributed by atoms with Crippen LogP contribution in [0.15, 0.2) is 22.7 Å². The van der Waals surface area contributed by atoms with Crippen molar-refractivity contribution in [1.29, 1.82) is 0 Å². The molecule has 1 heterocycles. The molecule has 6 heteroatoms. The van der Waals surface area contributed by atoms with Crippen LogP contribution in [0.5, 0.6) is 5.75 Å². The average Bonchev–Trinajstić information content (AvgIpc) is 2.77. The third-order valence-electron chi connectivity index (χ3n) is 2.91. The molecule has 2 rings (SSSR count). The predicted molar refractivity (Wildman–Crippen MR) is 80.9 cm³/mol. The molecule has 1 aromatic heterocycles. The molecule has 0 fully saturated rings. The van der Waals surface area contributed by atoms with E-state index >= 15 is 0 Å². The first-order valence-electron chi connectivity index (χ1n) is 6.21. The number of aromatic nitrogens is 3. The van der Waals surface area contributed by atoms with Gasteiger partial charge in [-0.25, -0.2) is 0 Å². The van der Waals surface area contributed by atoms with Gasteiger partial charge in [0.05, 0.1) is 0 Å². The number of H-pyrrole nitrogens is 1. The SMILES string of the molecule is CCc1cc(Br)ccc1OCc1n[nH]c(=S)n1CC. The topological polar surface area (TPSA) is 42.8 Å². The fourth-order valence-corrected chi connectivity index (χ4v) is 2.58. The standard InChI is InChI=1S/C13H16BrN3OS/c1-3-9-7-10(14)5-6-11(9)18-8-12-15-16-13(19)17(12)4-2/h5-7H,3-4,8H2,1-2H3,(H,16,19). The van der Waals surface area contributed by atoms with Crippen LogP contribution in [-0.4, -0.2) is 14.8 Å². The maximum absolute atomic E-state index is 5.85. The second-order valence-electron chi connectivity index (χ2n) is 4.08. The molecule has 0 radical (unpaired) electrons. The van der Waals surface area contributed by atoms with Crippen molar-refractivity contribution < 1.29 is 4.74 Å². The van der Waals surface area contributed by atoms with Gasteiger partial charge in [0.15, 0.2) is 10.6 Å². The molecule has 0 spiro atoms. The fourth-order valence-electron chi connectivity index (χ4n) is 1.89. The zero-order valence-corrected chi connectivity index (χ0v) is 13.3. The zero-order valence-electron chi connectivity index (χ0n) is 10.9. The van der Waals surface area contributed by atoms with Gasteiger partial charge in [0.2, 0.25) is 0 Å². The molecule has 0 aliphatic heterocycles. The summed E-state index contributed by atoms with van der Waals surface area (Å²) < 4.78 is 9.48. The zero-order chi connectivity index (χ0) is 13.8. The predicted octanol–water partition coefficient (Wildman–Crippen LogP) is 3.86. The third kappa shape index (κ3) is 3.25. The molecule has 1 N–H and O–H groups in total. The van der Waals surface area contributed by atoms with Crippen molar-refractivity contribution in [3.63, 3.8) is 0 Å². The van der Waals surface area contributed by atoms with Crippen LogP contribution in [0.25, 0.3) is 0 Å². The van der Waals surface area contributed by atoms with Crippen molar-refractivity contribution in [2.45, 2.75) is 33.4 Å². The minimum atomic E-state index is 0.412. The Balaban J connectivity index is 2.16. The van der Waals surface area contributed by atoms with E-state index in [-0.39, 0.29) is 0 Å². The van der Waals surface area contributed by atoms with E-state index in [0.717, 1.165) is 29.0 Å². The molecule has 102 valence electrons. The molecule has 0 aliphatic carbocycles. The maximum Gasteiger partial charge on any atom is 0.195 e. The first-order chi connectivity index (χ1) is 9.15. The van der Waals surface area contributed by atoms with E-state index in [9.17, 15) is 0 Å². The van der Waals surface area contributed by atoms with Crippen LogP contribution >= 0.6 is 28.1 Å². The van der Waals surface area contributed by atoms with Crippen LogP contribution in [0.4, 0.5) is 0 Å². The minimum Gasteiger partial charge on any atom is -0.485 e. The van der Waals surface area contributed by atoms with Crippen LogP contribution in [0, 0.1) is 4.77 Å². The van der Waals surface area contributed by atoms with Crippen molar-refractivity contribution in [2.75, 3.05) is 0 Å². The number of ether oxygens (including phenoxy) is 1. The number of hydrogen-bond donors (Lipinski definition) is 1. The van der Waals surface area contributed by atoms with Crippen molar-refractivity contribution in [3.05, 3.63) is 38.8 Å². The van der Waals surface area contributed by atoms with Gasteiger partial charge in [-0.1, -0.05) is 22.9 Å². The van der Waals surface area contributed by atoms with Gasteiger partial charge in [-0.05, 0) is 49.3 Å². The molecule has 0 amide bonds. The van der Waals surface area contributed by atoms with E-state index in [1.807, 2.05) is 23.6 Å². The molecule has 19 heavy (non-hydrogen) atoms. The van der Waals surface area contributed by atoms with Crippen LogP contribution in [-0.2, 0) is 19.6 Å². The Kier molecular flexibility index (Phi) is 4.76. The van der Waals surface area contributed by atoms with Crippen molar-refractivity contribution in [1.82, 2.24) is 14.8 Å². The molecule has 0 saturated carbocycles. The summed E-state index contributed by atoms with van der Waals surface area (Å²) in [6.45, 7) is 5.34. The summed E-state index contributed by atoms with van der Waals surface area (Å²) in [6, 6.07) is 6.03. The van der Waals surface area contributed by atoms with Gasteiger partial charge in [0.1, 0.15) is 12.4 Å². The highest BCUT2D eigenvalue weighted by atomic mass is 79.9. The van der Waals surface area contributed by atoms with Gasteiger partial charge < -0.3 is 9.30 Å². The number of nitrogens with zero attached hydrogens (tertiary/aromatic N) is 2. The average molecular weight is 342 g/mol. The smallest absolute Gasteiger partial charge is 0.195 e. The van der Waals surface area contributed by atoms with Crippen molar-refractivity contribution >= 4 is 28.1 Å². The van der Waals surface area contributed by atoms with E-state index in [1.165, 1.54) is 5.56 Å². The molecule has 2 aromatic rings. The number of hydrogen-bond acceptors (Lipinski definition) is 3. The van der Waals surface area contributed by atoms with Gasteiger partial charge in [0, 0.05) is 11.0 Å². The van der Waals surface area contributed by atoms with Crippen LogP contribution in [0.2, 0.25) is 0 Å². The lowest BCUT2D eigenvalue weighted by atomic mass is 10.1. The molecule has 0 unspecified atom stereocenters. The summed E-state index contributed by atoms with van der Waals surface area (Å²) in [7, 11) is 0. The van der Waals surface area contributed by atoms with E-state index in [1.54, 1.807) is 0 Å². The van der Waals surface area contributed by atoms with Gasteiger partial charge in [0.25, 0.3) is 0 Å². The molecule has 0 bridgehead atoms. The molecule has 0 aliphatic rings. The van der Waals surface area contributed by atoms with Crippen LogP contribution in [0.3, 0.4) is 0 Å². The van der Waals surface area contributed by atoms with Gasteiger partial charge in [-0.15, -0.1) is 0 Å². The number of nitrogens with one attached hydrogen (secondary N) is 1. The third-order valence-corrected chi connectivity index (χ3v) is 3.72.